The third-order valence-corrected chi connectivity index (χ3v) is 2.75. The Morgan fingerprint density at radius 2 is 2.11 bits per heavy atom. The fourth-order valence-electron chi connectivity index (χ4n) is 1.86. The number of rotatable bonds is 2. The van der Waals surface area contributed by atoms with E-state index in [0.717, 1.165) is 16.7 Å². The van der Waals surface area contributed by atoms with Crippen LogP contribution in [0.2, 0.25) is 0 Å². The van der Waals surface area contributed by atoms with Crippen LogP contribution in [0, 0.1) is 0 Å². The van der Waals surface area contributed by atoms with Gasteiger partial charge in [-0.05, 0) is 30.3 Å². The zero-order valence-corrected chi connectivity index (χ0v) is 9.75. The van der Waals surface area contributed by atoms with Gasteiger partial charge in [0.2, 0.25) is 0 Å². The number of phenolic OH excluding ortho intramolecular Hbond substituents is 1. The van der Waals surface area contributed by atoms with Crippen molar-refractivity contribution in [2.45, 2.75) is 0 Å². The summed E-state index contributed by atoms with van der Waals surface area (Å²) in [6, 6.07) is 10.7. The average Bonchev–Trinajstić information content (AvgIpc) is 2.82. The summed E-state index contributed by atoms with van der Waals surface area (Å²) in [4.78, 5) is 4.20. The lowest BCUT2D eigenvalue weighted by atomic mass is 10.1. The number of phenols is 1. The predicted molar refractivity (Wildman–Crippen MR) is 67.7 cm³/mol. The van der Waals surface area contributed by atoms with Gasteiger partial charge < -0.3 is 14.3 Å². The van der Waals surface area contributed by atoms with Crippen LogP contribution in [0.25, 0.3) is 22.4 Å². The Hall–Kier alpha value is -2.49. The molecule has 90 valence electrons. The Morgan fingerprint density at radius 3 is 2.83 bits per heavy atom. The smallest absolute Gasteiger partial charge is 0.160 e. The lowest BCUT2D eigenvalue weighted by Gasteiger charge is -2.03. The highest BCUT2D eigenvalue weighted by molar-refractivity contribution is 5.79. The Kier molecular flexibility index (Phi) is 2.41. The van der Waals surface area contributed by atoms with E-state index in [2.05, 4.69) is 4.98 Å². The van der Waals surface area contributed by atoms with Gasteiger partial charge in [0, 0.05) is 17.8 Å². The number of hydrogen-bond acceptors (Lipinski definition) is 4. The Bertz CT molecular complexity index is 670. The highest BCUT2D eigenvalue weighted by Gasteiger charge is 2.09. The van der Waals surface area contributed by atoms with Gasteiger partial charge in [-0.2, -0.15) is 0 Å². The van der Waals surface area contributed by atoms with Crippen LogP contribution in [0.5, 0.6) is 11.5 Å². The second-order valence-corrected chi connectivity index (χ2v) is 3.88. The third kappa shape index (κ3) is 1.68. The monoisotopic (exact) mass is 241 g/mol. The maximum Gasteiger partial charge on any atom is 0.160 e. The molecule has 2 aromatic heterocycles. The lowest BCUT2D eigenvalue weighted by molar-refractivity contribution is 0.373. The molecule has 3 rings (SSSR count). The van der Waals surface area contributed by atoms with Crippen LogP contribution in [0.15, 0.2) is 47.0 Å². The first-order valence-corrected chi connectivity index (χ1v) is 5.50. The number of benzene rings is 1. The van der Waals surface area contributed by atoms with Gasteiger partial charge in [-0.15, -0.1) is 0 Å². The van der Waals surface area contributed by atoms with Crippen LogP contribution in [-0.2, 0) is 0 Å². The average molecular weight is 241 g/mol. The maximum atomic E-state index is 9.75. The Morgan fingerprint density at radius 1 is 1.22 bits per heavy atom. The zero-order chi connectivity index (χ0) is 12.5. The minimum Gasteiger partial charge on any atom is -0.504 e. The topological polar surface area (TPSA) is 55.5 Å². The Labute approximate surface area is 103 Å². The van der Waals surface area contributed by atoms with Gasteiger partial charge in [0.1, 0.15) is 11.3 Å². The fraction of sp³-hybridized carbons (Fsp3) is 0.0714. The summed E-state index contributed by atoms with van der Waals surface area (Å²) in [5, 5.41) is 9.75. The molecule has 0 aliphatic rings. The van der Waals surface area contributed by atoms with E-state index in [-0.39, 0.29) is 5.75 Å². The van der Waals surface area contributed by atoms with E-state index in [0.29, 0.717) is 11.5 Å². The van der Waals surface area contributed by atoms with Crippen molar-refractivity contribution in [3.05, 3.63) is 42.6 Å². The molecule has 2 heterocycles. The molecule has 0 saturated heterocycles. The van der Waals surface area contributed by atoms with E-state index in [4.69, 9.17) is 9.15 Å². The molecule has 0 amide bonds. The molecule has 0 bridgehead atoms. The molecule has 18 heavy (non-hydrogen) atoms. The number of hydrogen-bond donors (Lipinski definition) is 1. The molecule has 0 spiro atoms. The number of fused-ring (bicyclic) bond motifs is 1. The van der Waals surface area contributed by atoms with Crippen molar-refractivity contribution in [3.63, 3.8) is 0 Å². The number of pyridine rings is 1. The largest absolute Gasteiger partial charge is 0.504 e. The summed E-state index contributed by atoms with van der Waals surface area (Å²) in [6.45, 7) is 0. The van der Waals surface area contributed by atoms with Gasteiger partial charge in [-0.3, -0.25) is 4.98 Å². The quantitative estimate of drug-likeness (QED) is 0.748. The minimum absolute atomic E-state index is 0.0865. The molecule has 0 atom stereocenters. The van der Waals surface area contributed by atoms with E-state index in [9.17, 15) is 5.11 Å². The van der Waals surface area contributed by atoms with Crippen molar-refractivity contribution in [2.24, 2.45) is 0 Å². The van der Waals surface area contributed by atoms with E-state index < -0.39 is 0 Å². The Balaban J connectivity index is 2.11. The normalized spacial score (nSPS) is 10.7. The summed E-state index contributed by atoms with van der Waals surface area (Å²) in [7, 11) is 1.51. The van der Waals surface area contributed by atoms with Gasteiger partial charge in [-0.1, -0.05) is 0 Å². The fourth-order valence-corrected chi connectivity index (χ4v) is 1.86. The van der Waals surface area contributed by atoms with Crippen molar-refractivity contribution >= 4 is 11.1 Å². The first-order valence-electron chi connectivity index (χ1n) is 5.50. The van der Waals surface area contributed by atoms with Crippen molar-refractivity contribution < 1.29 is 14.3 Å². The molecule has 1 aromatic carbocycles. The number of furan rings is 1. The molecule has 0 unspecified atom stereocenters. The minimum atomic E-state index is 0.0865. The lowest BCUT2D eigenvalue weighted by Crippen LogP contribution is -1.83. The summed E-state index contributed by atoms with van der Waals surface area (Å²) in [5.41, 5.74) is 2.30. The highest BCUT2D eigenvalue weighted by Crippen LogP contribution is 2.33. The van der Waals surface area contributed by atoms with Crippen molar-refractivity contribution in [2.75, 3.05) is 7.11 Å². The molecular weight excluding hydrogens is 230 g/mol. The molecule has 0 saturated carbocycles. The third-order valence-electron chi connectivity index (χ3n) is 2.75. The SMILES string of the molecule is COc1ccc(-c2cc3ncccc3o2)cc1O. The van der Waals surface area contributed by atoms with Gasteiger partial charge in [0.25, 0.3) is 0 Å². The van der Waals surface area contributed by atoms with E-state index in [1.54, 1.807) is 18.3 Å². The van der Waals surface area contributed by atoms with Crippen LogP contribution in [-0.4, -0.2) is 17.2 Å². The van der Waals surface area contributed by atoms with E-state index >= 15 is 0 Å². The molecule has 4 nitrogen and oxygen atoms in total. The summed E-state index contributed by atoms with van der Waals surface area (Å²) >= 11 is 0. The number of aromatic nitrogens is 1. The number of methoxy groups -OCH3 is 1. The number of ether oxygens (including phenoxy) is 1. The predicted octanol–water partition coefficient (Wildman–Crippen LogP) is 3.21. The standard InChI is InChI=1S/C14H11NO3/c1-17-13-5-4-9(7-11(13)16)14-8-10-12(18-14)3-2-6-15-10/h2-8,16H,1H3. The molecule has 0 fully saturated rings. The maximum absolute atomic E-state index is 9.75. The molecule has 1 N–H and O–H groups in total. The summed E-state index contributed by atoms with van der Waals surface area (Å²) < 4.78 is 10.7. The van der Waals surface area contributed by atoms with Crippen LogP contribution in [0.1, 0.15) is 0 Å². The second kappa shape index (κ2) is 4.07. The zero-order valence-electron chi connectivity index (χ0n) is 9.75. The van der Waals surface area contributed by atoms with Gasteiger partial charge >= 0.3 is 0 Å². The number of nitrogens with zero attached hydrogens (tertiary/aromatic N) is 1. The van der Waals surface area contributed by atoms with E-state index in [1.807, 2.05) is 24.3 Å². The van der Waals surface area contributed by atoms with Gasteiger partial charge in [0.15, 0.2) is 17.1 Å². The van der Waals surface area contributed by atoms with Crippen molar-refractivity contribution in [1.82, 2.24) is 4.98 Å². The molecular formula is C14H11NO3. The first-order chi connectivity index (χ1) is 8.78. The van der Waals surface area contributed by atoms with Crippen LogP contribution in [0.3, 0.4) is 0 Å². The number of aromatic hydroxyl groups is 1. The first kappa shape index (κ1) is 10.7. The second-order valence-electron chi connectivity index (χ2n) is 3.88. The van der Waals surface area contributed by atoms with Gasteiger partial charge in [0.05, 0.1) is 7.11 Å². The van der Waals surface area contributed by atoms with Crippen LogP contribution < -0.4 is 4.74 Å². The molecule has 0 aliphatic heterocycles. The van der Waals surface area contributed by atoms with Crippen molar-refractivity contribution in [1.29, 1.82) is 0 Å². The molecule has 3 aromatic rings. The van der Waals surface area contributed by atoms with E-state index in [1.165, 1.54) is 7.11 Å². The molecule has 4 heteroatoms. The van der Waals surface area contributed by atoms with Crippen LogP contribution >= 0.6 is 0 Å². The summed E-state index contributed by atoms with van der Waals surface area (Å²) in [5.74, 6) is 1.19. The highest BCUT2D eigenvalue weighted by atomic mass is 16.5. The molecule has 0 aliphatic carbocycles. The summed E-state index contributed by atoms with van der Waals surface area (Å²) in [6.07, 6.45) is 1.72. The van der Waals surface area contributed by atoms with Crippen LogP contribution in [0.4, 0.5) is 0 Å². The molecule has 0 radical (unpaired) electrons. The van der Waals surface area contributed by atoms with Gasteiger partial charge in [-0.25, -0.2) is 0 Å². The van der Waals surface area contributed by atoms with Crippen molar-refractivity contribution in [3.8, 4) is 22.8 Å².